The van der Waals surface area contributed by atoms with Crippen molar-refractivity contribution in [3.8, 4) is 0 Å². The van der Waals surface area contributed by atoms with E-state index < -0.39 is 0 Å². The molecule has 0 bridgehead atoms. The summed E-state index contributed by atoms with van der Waals surface area (Å²) in [5.41, 5.74) is 3.19. The summed E-state index contributed by atoms with van der Waals surface area (Å²) in [6, 6.07) is 16.4. The van der Waals surface area contributed by atoms with E-state index in [1.807, 2.05) is 18.2 Å². The number of aliphatic hydroxyl groups is 1. The highest BCUT2D eigenvalue weighted by Gasteiger charge is 2.20. The molecule has 0 amide bonds. The number of aryl methyl sites for hydroxylation is 1. The van der Waals surface area contributed by atoms with Crippen LogP contribution in [-0.4, -0.2) is 59.3 Å². The molecule has 27 heavy (non-hydrogen) atoms. The molecule has 0 aliphatic carbocycles. The maximum absolute atomic E-state index is 9.13. The third kappa shape index (κ3) is 4.02. The number of fused-ring (bicyclic) bond motifs is 1. The molecule has 2 heterocycles. The molecule has 3 aromatic rings. The van der Waals surface area contributed by atoms with Crippen molar-refractivity contribution in [3.05, 3.63) is 54.1 Å². The van der Waals surface area contributed by atoms with Gasteiger partial charge in [-0.1, -0.05) is 29.8 Å². The second kappa shape index (κ2) is 7.90. The second-order valence-electron chi connectivity index (χ2n) is 6.93. The molecule has 0 saturated carbocycles. The topological polar surface area (TPSA) is 64.5 Å². The summed E-state index contributed by atoms with van der Waals surface area (Å²) in [7, 11) is 0. The van der Waals surface area contributed by atoms with Crippen molar-refractivity contribution in [1.29, 1.82) is 0 Å². The number of aliphatic hydroxyl groups excluding tert-OH is 1. The molecular formula is C21H25N5O. The monoisotopic (exact) mass is 363 g/mol. The van der Waals surface area contributed by atoms with Crippen LogP contribution in [0.5, 0.6) is 0 Å². The van der Waals surface area contributed by atoms with E-state index in [1.54, 1.807) is 0 Å². The second-order valence-corrected chi connectivity index (χ2v) is 6.93. The van der Waals surface area contributed by atoms with Gasteiger partial charge in [-0.05, 0) is 31.2 Å². The van der Waals surface area contributed by atoms with Gasteiger partial charge in [0.25, 0.3) is 0 Å². The zero-order chi connectivity index (χ0) is 18.6. The molecule has 1 aliphatic heterocycles. The Morgan fingerprint density at radius 1 is 0.963 bits per heavy atom. The zero-order valence-electron chi connectivity index (χ0n) is 15.6. The van der Waals surface area contributed by atoms with Gasteiger partial charge in [0.05, 0.1) is 12.1 Å². The van der Waals surface area contributed by atoms with Crippen molar-refractivity contribution < 1.29 is 5.11 Å². The van der Waals surface area contributed by atoms with Crippen molar-refractivity contribution in [2.45, 2.75) is 6.92 Å². The number of anilines is 3. The molecule has 140 valence electrons. The van der Waals surface area contributed by atoms with Crippen LogP contribution < -0.4 is 10.2 Å². The number of benzene rings is 2. The van der Waals surface area contributed by atoms with Crippen molar-refractivity contribution in [2.24, 2.45) is 0 Å². The van der Waals surface area contributed by atoms with E-state index in [9.17, 15) is 0 Å². The smallest absolute Gasteiger partial charge is 0.227 e. The Morgan fingerprint density at radius 3 is 2.44 bits per heavy atom. The largest absolute Gasteiger partial charge is 0.395 e. The van der Waals surface area contributed by atoms with Gasteiger partial charge >= 0.3 is 0 Å². The highest BCUT2D eigenvalue weighted by atomic mass is 16.3. The molecule has 0 atom stereocenters. The molecular weight excluding hydrogens is 338 g/mol. The fourth-order valence-corrected chi connectivity index (χ4v) is 3.39. The minimum atomic E-state index is 0.205. The van der Waals surface area contributed by atoms with Gasteiger partial charge in [0.2, 0.25) is 5.95 Å². The van der Waals surface area contributed by atoms with Crippen LogP contribution in [0, 0.1) is 6.92 Å². The van der Waals surface area contributed by atoms with Crippen LogP contribution in [0.25, 0.3) is 10.9 Å². The maximum Gasteiger partial charge on any atom is 0.227 e. The molecule has 6 heteroatoms. The zero-order valence-corrected chi connectivity index (χ0v) is 15.6. The van der Waals surface area contributed by atoms with E-state index in [2.05, 4.69) is 52.4 Å². The first-order valence-electron chi connectivity index (χ1n) is 9.41. The third-order valence-corrected chi connectivity index (χ3v) is 4.98. The van der Waals surface area contributed by atoms with E-state index in [0.717, 1.165) is 61.1 Å². The number of hydrogen-bond acceptors (Lipinski definition) is 6. The van der Waals surface area contributed by atoms with Gasteiger partial charge in [-0.25, -0.2) is 4.98 Å². The highest BCUT2D eigenvalue weighted by molar-refractivity contribution is 5.91. The Balaban J connectivity index is 1.63. The van der Waals surface area contributed by atoms with E-state index >= 15 is 0 Å². The highest BCUT2D eigenvalue weighted by Crippen LogP contribution is 2.27. The van der Waals surface area contributed by atoms with Crippen LogP contribution in [0.15, 0.2) is 48.5 Å². The molecule has 1 aromatic heterocycles. The van der Waals surface area contributed by atoms with Gasteiger partial charge in [0, 0.05) is 43.8 Å². The average Bonchev–Trinajstić information content (AvgIpc) is 2.70. The van der Waals surface area contributed by atoms with Crippen LogP contribution in [0.3, 0.4) is 0 Å². The molecule has 0 spiro atoms. The quantitative estimate of drug-likeness (QED) is 0.727. The summed E-state index contributed by atoms with van der Waals surface area (Å²) in [5.74, 6) is 1.59. The van der Waals surface area contributed by atoms with Crippen molar-refractivity contribution in [1.82, 2.24) is 14.9 Å². The maximum atomic E-state index is 9.13. The Kier molecular flexibility index (Phi) is 5.18. The molecule has 2 N–H and O–H groups in total. The molecule has 6 nitrogen and oxygen atoms in total. The number of aromatic nitrogens is 2. The molecule has 0 radical (unpaired) electrons. The minimum Gasteiger partial charge on any atom is -0.395 e. The molecule has 0 unspecified atom stereocenters. The van der Waals surface area contributed by atoms with Crippen molar-refractivity contribution in [2.75, 3.05) is 49.5 Å². The minimum absolute atomic E-state index is 0.205. The summed E-state index contributed by atoms with van der Waals surface area (Å²) >= 11 is 0. The summed E-state index contributed by atoms with van der Waals surface area (Å²) in [4.78, 5) is 14.1. The van der Waals surface area contributed by atoms with E-state index in [0.29, 0.717) is 0 Å². The first-order valence-corrected chi connectivity index (χ1v) is 9.41. The van der Waals surface area contributed by atoms with Gasteiger partial charge < -0.3 is 15.3 Å². The summed E-state index contributed by atoms with van der Waals surface area (Å²) in [6.07, 6.45) is 0. The Hall–Kier alpha value is -2.70. The summed E-state index contributed by atoms with van der Waals surface area (Å²) in [5, 5.41) is 13.6. The van der Waals surface area contributed by atoms with Crippen LogP contribution in [-0.2, 0) is 0 Å². The van der Waals surface area contributed by atoms with E-state index in [1.165, 1.54) is 5.56 Å². The van der Waals surface area contributed by atoms with Gasteiger partial charge in [-0.3, -0.25) is 4.90 Å². The SMILES string of the molecule is Cc1ccc(Nc2nc(N3CCN(CCO)CC3)nc3ccccc23)cc1. The predicted molar refractivity (Wildman–Crippen MR) is 110 cm³/mol. The molecule has 2 aromatic carbocycles. The van der Waals surface area contributed by atoms with E-state index in [4.69, 9.17) is 15.1 Å². The summed E-state index contributed by atoms with van der Waals surface area (Å²) in [6.45, 7) is 6.57. The van der Waals surface area contributed by atoms with Crippen LogP contribution >= 0.6 is 0 Å². The number of β-amino-alcohol motifs (C(OH)–C–C–N with tert-alkyl or cyclic N) is 1. The fraction of sp³-hybridized carbons (Fsp3) is 0.333. The van der Waals surface area contributed by atoms with Crippen molar-refractivity contribution >= 4 is 28.4 Å². The van der Waals surface area contributed by atoms with Gasteiger partial charge in [0.1, 0.15) is 5.82 Å². The predicted octanol–water partition coefficient (Wildman–Crippen LogP) is 2.80. The molecule has 4 rings (SSSR count). The molecule has 1 fully saturated rings. The summed E-state index contributed by atoms with van der Waals surface area (Å²) < 4.78 is 0. The van der Waals surface area contributed by atoms with Crippen LogP contribution in [0.2, 0.25) is 0 Å². The first kappa shape index (κ1) is 17.7. The van der Waals surface area contributed by atoms with E-state index in [-0.39, 0.29) is 6.61 Å². The number of hydrogen-bond donors (Lipinski definition) is 2. The Bertz CT molecular complexity index is 904. The van der Waals surface area contributed by atoms with Gasteiger partial charge in [0.15, 0.2) is 0 Å². The Labute approximate surface area is 159 Å². The first-order chi connectivity index (χ1) is 13.2. The van der Waals surface area contributed by atoms with Gasteiger partial charge in [-0.15, -0.1) is 0 Å². The Morgan fingerprint density at radius 2 is 1.70 bits per heavy atom. The number of nitrogens with zero attached hydrogens (tertiary/aromatic N) is 4. The molecule has 1 aliphatic rings. The standard InChI is InChI=1S/C21H25N5O/c1-16-6-8-17(9-7-16)22-20-18-4-2-3-5-19(18)23-21(24-20)26-12-10-25(11-13-26)14-15-27/h2-9,27H,10-15H2,1H3,(H,22,23,24). The van der Waals surface area contributed by atoms with Crippen LogP contribution in [0.4, 0.5) is 17.5 Å². The van der Waals surface area contributed by atoms with Crippen LogP contribution in [0.1, 0.15) is 5.56 Å². The lowest BCUT2D eigenvalue weighted by molar-refractivity contribution is 0.188. The number of rotatable bonds is 5. The number of piperazine rings is 1. The lowest BCUT2D eigenvalue weighted by Crippen LogP contribution is -2.47. The van der Waals surface area contributed by atoms with Crippen molar-refractivity contribution in [3.63, 3.8) is 0 Å². The number of para-hydroxylation sites is 1. The lowest BCUT2D eigenvalue weighted by atomic mass is 10.2. The fourth-order valence-electron chi connectivity index (χ4n) is 3.39. The van der Waals surface area contributed by atoms with Gasteiger partial charge in [-0.2, -0.15) is 4.98 Å². The third-order valence-electron chi connectivity index (χ3n) is 4.98. The lowest BCUT2D eigenvalue weighted by Gasteiger charge is -2.34. The number of nitrogens with one attached hydrogen (secondary N) is 1. The average molecular weight is 363 g/mol. The normalized spacial score (nSPS) is 15.3. The molecule has 1 saturated heterocycles.